The van der Waals surface area contributed by atoms with Crippen molar-refractivity contribution in [2.24, 2.45) is 0 Å². The first-order valence-electron chi connectivity index (χ1n) is 6.76. The molecule has 0 aliphatic heterocycles. The molecule has 0 atom stereocenters. The van der Waals surface area contributed by atoms with Gasteiger partial charge in [0.2, 0.25) is 5.24 Å². The van der Waals surface area contributed by atoms with E-state index in [1.54, 1.807) is 13.2 Å². The molecule has 0 bridgehead atoms. The van der Waals surface area contributed by atoms with Crippen LogP contribution in [0.5, 0.6) is 5.75 Å². The summed E-state index contributed by atoms with van der Waals surface area (Å²) in [5, 5.41) is 9.10. The highest BCUT2D eigenvalue weighted by molar-refractivity contribution is 6.63. The predicted molar refractivity (Wildman–Crippen MR) is 83.0 cm³/mol. The monoisotopic (exact) mass is 321 g/mol. The number of carbonyl (C=O) groups excluding carboxylic acids is 2. The van der Waals surface area contributed by atoms with E-state index in [0.717, 1.165) is 11.3 Å². The Morgan fingerprint density at radius 1 is 1.32 bits per heavy atom. The fourth-order valence-electron chi connectivity index (χ4n) is 1.87. The van der Waals surface area contributed by atoms with Gasteiger partial charge in [-0.1, -0.05) is 0 Å². The van der Waals surface area contributed by atoms with Gasteiger partial charge in [-0.3, -0.25) is 14.7 Å². The van der Waals surface area contributed by atoms with Gasteiger partial charge in [-0.25, -0.2) is 0 Å². The standard InChI is InChI=1S/C15H16ClN3O3/c1-22-11-6-4-10(5-7-11)12-9-13(19-18-12)15(21)17-8-2-3-14(16)20/h4-7,9H,2-3,8H2,1H3,(H,17,21)(H,18,19). The summed E-state index contributed by atoms with van der Waals surface area (Å²) < 4.78 is 5.09. The largest absolute Gasteiger partial charge is 0.497 e. The summed E-state index contributed by atoms with van der Waals surface area (Å²) in [5.74, 6) is 0.486. The van der Waals surface area contributed by atoms with Crippen LogP contribution in [-0.2, 0) is 4.79 Å². The van der Waals surface area contributed by atoms with Crippen molar-refractivity contribution in [3.05, 3.63) is 36.0 Å². The number of ether oxygens (including phenoxy) is 1. The lowest BCUT2D eigenvalue weighted by Crippen LogP contribution is -2.25. The van der Waals surface area contributed by atoms with Crippen molar-refractivity contribution in [3.63, 3.8) is 0 Å². The average Bonchev–Trinajstić information content (AvgIpc) is 3.01. The van der Waals surface area contributed by atoms with E-state index < -0.39 is 5.24 Å². The summed E-state index contributed by atoms with van der Waals surface area (Å²) in [6, 6.07) is 9.05. The number of rotatable bonds is 7. The fourth-order valence-corrected chi connectivity index (χ4v) is 2.01. The minimum Gasteiger partial charge on any atom is -0.497 e. The molecule has 0 radical (unpaired) electrons. The molecule has 1 heterocycles. The lowest BCUT2D eigenvalue weighted by Gasteiger charge is -2.01. The Balaban J connectivity index is 1.95. The number of hydrogen-bond donors (Lipinski definition) is 2. The second-order valence-corrected chi connectivity index (χ2v) is 5.03. The molecule has 2 N–H and O–H groups in total. The minimum absolute atomic E-state index is 0.238. The zero-order valence-corrected chi connectivity index (χ0v) is 12.8. The molecule has 0 fully saturated rings. The van der Waals surface area contributed by atoms with Crippen molar-refractivity contribution in [3.8, 4) is 17.0 Å². The van der Waals surface area contributed by atoms with Crippen LogP contribution in [-0.4, -0.2) is 35.0 Å². The van der Waals surface area contributed by atoms with Gasteiger partial charge in [0.1, 0.15) is 11.4 Å². The second-order valence-electron chi connectivity index (χ2n) is 4.61. The van der Waals surface area contributed by atoms with Crippen molar-refractivity contribution in [2.75, 3.05) is 13.7 Å². The molecular weight excluding hydrogens is 306 g/mol. The average molecular weight is 322 g/mol. The van der Waals surface area contributed by atoms with Crippen LogP contribution in [0, 0.1) is 0 Å². The van der Waals surface area contributed by atoms with Crippen molar-refractivity contribution >= 4 is 22.8 Å². The Labute approximate surface area is 132 Å². The second kappa shape index (κ2) is 7.61. The number of benzene rings is 1. The molecular formula is C15H16ClN3O3. The van der Waals surface area contributed by atoms with Crippen LogP contribution < -0.4 is 10.1 Å². The zero-order chi connectivity index (χ0) is 15.9. The number of halogens is 1. The van der Waals surface area contributed by atoms with E-state index in [4.69, 9.17) is 16.3 Å². The molecule has 7 heteroatoms. The first-order valence-corrected chi connectivity index (χ1v) is 7.14. The summed E-state index contributed by atoms with van der Waals surface area (Å²) in [5.41, 5.74) is 1.91. The smallest absolute Gasteiger partial charge is 0.269 e. The third-order valence-electron chi connectivity index (χ3n) is 3.04. The van der Waals surface area contributed by atoms with E-state index in [9.17, 15) is 9.59 Å². The van der Waals surface area contributed by atoms with Crippen LogP contribution in [0.2, 0.25) is 0 Å². The lowest BCUT2D eigenvalue weighted by molar-refractivity contribution is -0.111. The van der Waals surface area contributed by atoms with Crippen LogP contribution in [0.15, 0.2) is 30.3 Å². The van der Waals surface area contributed by atoms with Crippen LogP contribution in [0.1, 0.15) is 23.3 Å². The maximum atomic E-state index is 11.9. The molecule has 22 heavy (non-hydrogen) atoms. The SMILES string of the molecule is COc1ccc(-c2cc(C(=O)NCCCC(=O)Cl)[nH]n2)cc1. The van der Waals surface area contributed by atoms with E-state index in [1.165, 1.54) is 0 Å². The van der Waals surface area contributed by atoms with Gasteiger partial charge in [0.25, 0.3) is 5.91 Å². The predicted octanol–water partition coefficient (Wildman–Crippen LogP) is 2.36. The Kier molecular flexibility index (Phi) is 5.55. The van der Waals surface area contributed by atoms with Crippen molar-refractivity contribution in [2.45, 2.75) is 12.8 Å². The Morgan fingerprint density at radius 2 is 2.05 bits per heavy atom. The number of carbonyl (C=O) groups is 2. The Morgan fingerprint density at radius 3 is 2.68 bits per heavy atom. The number of hydrogen-bond acceptors (Lipinski definition) is 4. The maximum Gasteiger partial charge on any atom is 0.269 e. The molecule has 6 nitrogen and oxygen atoms in total. The first kappa shape index (κ1) is 16.0. The van der Waals surface area contributed by atoms with Gasteiger partial charge >= 0.3 is 0 Å². The molecule has 0 aliphatic carbocycles. The number of nitrogens with one attached hydrogen (secondary N) is 2. The fraction of sp³-hybridized carbons (Fsp3) is 0.267. The van der Waals surface area contributed by atoms with Gasteiger partial charge in [-0.15, -0.1) is 0 Å². The molecule has 1 aromatic heterocycles. The summed E-state index contributed by atoms with van der Waals surface area (Å²) in [6.45, 7) is 0.383. The quantitative estimate of drug-likeness (QED) is 0.605. The normalized spacial score (nSPS) is 10.3. The van der Waals surface area contributed by atoms with E-state index in [-0.39, 0.29) is 12.3 Å². The topological polar surface area (TPSA) is 84.1 Å². The molecule has 0 saturated heterocycles. The van der Waals surface area contributed by atoms with Gasteiger partial charge in [-0.05, 0) is 48.4 Å². The highest BCUT2D eigenvalue weighted by Crippen LogP contribution is 2.21. The third kappa shape index (κ3) is 4.33. The molecule has 0 spiro atoms. The van der Waals surface area contributed by atoms with Crippen LogP contribution in [0.4, 0.5) is 0 Å². The molecule has 2 rings (SSSR count). The van der Waals surface area contributed by atoms with Crippen molar-refractivity contribution in [1.29, 1.82) is 0 Å². The van der Waals surface area contributed by atoms with Crippen LogP contribution in [0.25, 0.3) is 11.3 Å². The molecule has 0 unspecified atom stereocenters. The number of aromatic nitrogens is 2. The number of nitrogens with zero attached hydrogens (tertiary/aromatic N) is 1. The van der Waals surface area contributed by atoms with Crippen LogP contribution >= 0.6 is 11.6 Å². The molecule has 2 aromatic rings. The van der Waals surface area contributed by atoms with E-state index in [0.29, 0.717) is 24.4 Å². The first-order chi connectivity index (χ1) is 10.6. The minimum atomic E-state index is -0.405. The van der Waals surface area contributed by atoms with Crippen molar-refractivity contribution < 1.29 is 14.3 Å². The number of aromatic amines is 1. The van der Waals surface area contributed by atoms with Gasteiger partial charge in [-0.2, -0.15) is 5.10 Å². The van der Waals surface area contributed by atoms with Gasteiger partial charge < -0.3 is 10.1 Å². The lowest BCUT2D eigenvalue weighted by atomic mass is 10.1. The highest BCUT2D eigenvalue weighted by Gasteiger charge is 2.10. The Bertz CT molecular complexity index is 652. The molecule has 116 valence electrons. The van der Waals surface area contributed by atoms with Gasteiger partial charge in [0.05, 0.1) is 12.8 Å². The van der Waals surface area contributed by atoms with Crippen molar-refractivity contribution in [1.82, 2.24) is 15.5 Å². The van der Waals surface area contributed by atoms with E-state index >= 15 is 0 Å². The number of amides is 1. The summed E-state index contributed by atoms with van der Waals surface area (Å²) >= 11 is 5.23. The molecule has 1 amide bonds. The van der Waals surface area contributed by atoms with Crippen LogP contribution in [0.3, 0.4) is 0 Å². The zero-order valence-electron chi connectivity index (χ0n) is 12.1. The van der Waals surface area contributed by atoms with Gasteiger partial charge in [0, 0.05) is 18.5 Å². The van der Waals surface area contributed by atoms with Gasteiger partial charge in [0.15, 0.2) is 0 Å². The maximum absolute atomic E-state index is 11.9. The summed E-state index contributed by atoms with van der Waals surface area (Å²) in [7, 11) is 1.60. The molecule has 0 saturated carbocycles. The third-order valence-corrected chi connectivity index (χ3v) is 3.23. The molecule has 1 aromatic carbocycles. The number of methoxy groups -OCH3 is 1. The molecule has 0 aliphatic rings. The van der Waals surface area contributed by atoms with E-state index in [2.05, 4.69) is 15.5 Å². The summed E-state index contributed by atoms with van der Waals surface area (Å²) in [6.07, 6.45) is 0.745. The highest BCUT2D eigenvalue weighted by atomic mass is 35.5. The number of H-pyrrole nitrogens is 1. The van der Waals surface area contributed by atoms with E-state index in [1.807, 2.05) is 24.3 Å². The summed E-state index contributed by atoms with van der Waals surface area (Å²) in [4.78, 5) is 22.5. The Hall–Kier alpha value is -2.34.